The third-order valence-corrected chi connectivity index (χ3v) is 5.46. The Morgan fingerprint density at radius 1 is 1.09 bits per heavy atom. The van der Waals surface area contributed by atoms with E-state index in [1.165, 1.54) is 42.7 Å². The lowest BCUT2D eigenvalue weighted by Gasteiger charge is -2.11. The van der Waals surface area contributed by atoms with Gasteiger partial charge in [-0.1, -0.05) is 18.2 Å². The van der Waals surface area contributed by atoms with Crippen LogP contribution in [0.25, 0.3) is 22.4 Å². The molecule has 4 rings (SSSR count). The average molecular weight is 491 g/mol. The summed E-state index contributed by atoms with van der Waals surface area (Å²) in [5.74, 6) is -0.833. The minimum atomic E-state index is -4.54. The van der Waals surface area contributed by atoms with E-state index in [4.69, 9.17) is 5.14 Å². The summed E-state index contributed by atoms with van der Waals surface area (Å²) < 4.78 is 60.5. The number of fused-ring (bicyclic) bond motifs is 1. The summed E-state index contributed by atoms with van der Waals surface area (Å²) in [6.45, 7) is -1.46. The van der Waals surface area contributed by atoms with E-state index in [0.29, 0.717) is 22.5 Å². The van der Waals surface area contributed by atoms with Crippen molar-refractivity contribution in [1.82, 2.24) is 25.3 Å². The summed E-state index contributed by atoms with van der Waals surface area (Å²) >= 11 is 0. The molecule has 2 aromatic carbocycles. The molecule has 0 bridgehead atoms. The first kappa shape index (κ1) is 23.1. The van der Waals surface area contributed by atoms with Gasteiger partial charge >= 0.3 is 6.18 Å². The molecule has 0 saturated carbocycles. The molecular weight excluding hydrogens is 475 g/mol. The van der Waals surface area contributed by atoms with Crippen LogP contribution in [0.5, 0.6) is 0 Å². The fourth-order valence-electron chi connectivity index (χ4n) is 3.07. The summed E-state index contributed by atoms with van der Waals surface area (Å²) in [4.78, 5) is 27.8. The maximum absolute atomic E-state index is 12.4. The van der Waals surface area contributed by atoms with Crippen LogP contribution in [0, 0.1) is 0 Å². The number of hydrogen-bond acceptors (Lipinski definition) is 7. The average Bonchev–Trinajstić information content (AvgIpc) is 3.25. The lowest BCUT2D eigenvalue weighted by Crippen LogP contribution is -2.33. The number of amides is 1. The Morgan fingerprint density at radius 2 is 1.85 bits per heavy atom. The van der Waals surface area contributed by atoms with Gasteiger partial charge in [0.15, 0.2) is 5.65 Å². The van der Waals surface area contributed by atoms with Crippen molar-refractivity contribution < 1.29 is 26.4 Å². The van der Waals surface area contributed by atoms with Gasteiger partial charge in [0.25, 0.3) is 5.91 Å². The largest absolute Gasteiger partial charge is 0.405 e. The Morgan fingerprint density at radius 3 is 2.59 bits per heavy atom. The number of primary sulfonamides is 1. The highest BCUT2D eigenvalue weighted by Crippen LogP contribution is 2.27. The van der Waals surface area contributed by atoms with Crippen molar-refractivity contribution in [3.8, 4) is 11.3 Å². The van der Waals surface area contributed by atoms with Crippen molar-refractivity contribution in [1.29, 1.82) is 0 Å². The molecule has 2 aromatic heterocycles. The van der Waals surface area contributed by atoms with Crippen LogP contribution in [-0.4, -0.2) is 47.0 Å². The van der Waals surface area contributed by atoms with Crippen molar-refractivity contribution in [2.45, 2.75) is 11.1 Å². The molecule has 1 amide bonds. The normalized spacial score (nSPS) is 12.0. The van der Waals surface area contributed by atoms with Gasteiger partial charge in [0, 0.05) is 16.8 Å². The standard InChI is InChI=1S/C20H16F3N7O3S/c21-20(22,23)9-25-18(31)12-4-1-3-11(7-12)15-16-17(27-10-26-16)30-19(29-15)28-13-5-2-6-14(8-13)34(24,32)33/h1-8,10H,9H2,(H,25,31)(H2,24,32,33)(H2,26,27,28,29,30). The number of hydrogen-bond donors (Lipinski definition) is 4. The molecule has 176 valence electrons. The number of nitrogens with two attached hydrogens (primary N) is 1. The number of sulfonamides is 1. The van der Waals surface area contributed by atoms with Crippen LogP contribution in [0.2, 0.25) is 0 Å². The van der Waals surface area contributed by atoms with Gasteiger partial charge in [-0.25, -0.2) is 23.5 Å². The lowest BCUT2D eigenvalue weighted by atomic mass is 10.1. The SMILES string of the molecule is NS(=O)(=O)c1cccc(Nc2nc(-c3cccc(C(=O)NCC(F)(F)F)c3)c3[nH]cnc3n2)c1. The van der Waals surface area contributed by atoms with Gasteiger partial charge in [0.2, 0.25) is 16.0 Å². The molecule has 0 radical (unpaired) electrons. The van der Waals surface area contributed by atoms with Crippen molar-refractivity contribution in [3.63, 3.8) is 0 Å². The molecule has 0 aliphatic carbocycles. The predicted molar refractivity (Wildman–Crippen MR) is 117 cm³/mol. The first-order valence-corrected chi connectivity index (χ1v) is 11.1. The molecule has 14 heteroatoms. The second-order valence-electron chi connectivity index (χ2n) is 7.07. The smallest absolute Gasteiger partial charge is 0.343 e. The zero-order chi connectivity index (χ0) is 24.5. The Balaban J connectivity index is 1.69. The number of nitrogens with one attached hydrogen (secondary N) is 3. The number of nitrogens with zero attached hydrogens (tertiary/aromatic N) is 3. The van der Waals surface area contributed by atoms with Crippen molar-refractivity contribution in [3.05, 3.63) is 60.4 Å². The van der Waals surface area contributed by atoms with Crippen molar-refractivity contribution >= 4 is 38.7 Å². The Kier molecular flexibility index (Phi) is 5.93. The monoisotopic (exact) mass is 491 g/mol. The molecule has 10 nitrogen and oxygen atoms in total. The summed E-state index contributed by atoms with van der Waals surface area (Å²) in [6, 6.07) is 11.6. The zero-order valence-corrected chi connectivity index (χ0v) is 17.9. The van der Waals surface area contributed by atoms with E-state index in [1.54, 1.807) is 12.1 Å². The molecular formula is C20H16F3N7O3S. The molecule has 0 unspecified atom stereocenters. The molecule has 0 saturated heterocycles. The molecule has 0 aliphatic rings. The van der Waals surface area contributed by atoms with E-state index in [2.05, 4.69) is 25.3 Å². The van der Waals surface area contributed by atoms with Gasteiger partial charge in [0.05, 0.1) is 11.2 Å². The zero-order valence-electron chi connectivity index (χ0n) is 17.1. The molecule has 0 spiro atoms. The number of aromatic amines is 1. The molecule has 4 aromatic rings. The van der Waals surface area contributed by atoms with Crippen molar-refractivity contribution in [2.24, 2.45) is 5.14 Å². The van der Waals surface area contributed by atoms with Crippen LogP contribution in [0.1, 0.15) is 10.4 Å². The fraction of sp³-hybridized carbons (Fsp3) is 0.100. The van der Waals surface area contributed by atoms with E-state index in [-0.39, 0.29) is 22.1 Å². The van der Waals surface area contributed by atoms with E-state index in [9.17, 15) is 26.4 Å². The Hall–Kier alpha value is -4.04. The second-order valence-corrected chi connectivity index (χ2v) is 8.63. The number of alkyl halides is 3. The van der Waals surface area contributed by atoms with E-state index in [0.717, 1.165) is 0 Å². The third-order valence-electron chi connectivity index (χ3n) is 4.55. The number of rotatable bonds is 6. The highest BCUT2D eigenvalue weighted by Gasteiger charge is 2.28. The lowest BCUT2D eigenvalue weighted by molar-refractivity contribution is -0.123. The summed E-state index contributed by atoms with van der Waals surface area (Å²) in [5.41, 5.74) is 1.77. The summed E-state index contributed by atoms with van der Waals surface area (Å²) in [6.07, 6.45) is -3.16. The van der Waals surface area contributed by atoms with Crippen LogP contribution >= 0.6 is 0 Å². The number of aromatic nitrogens is 4. The maximum atomic E-state index is 12.4. The quantitative estimate of drug-likeness (QED) is 0.323. The van der Waals surface area contributed by atoms with Crippen LogP contribution in [-0.2, 0) is 10.0 Å². The van der Waals surface area contributed by atoms with Crippen LogP contribution in [0.3, 0.4) is 0 Å². The molecule has 0 fully saturated rings. The number of carbonyl (C=O) groups excluding carboxylic acids is 1. The fourth-order valence-corrected chi connectivity index (χ4v) is 3.63. The minimum absolute atomic E-state index is 0.00314. The van der Waals surface area contributed by atoms with Gasteiger partial charge in [-0.05, 0) is 30.3 Å². The number of carbonyl (C=O) groups is 1. The highest BCUT2D eigenvalue weighted by molar-refractivity contribution is 7.89. The predicted octanol–water partition coefficient (Wildman–Crippen LogP) is 2.70. The minimum Gasteiger partial charge on any atom is -0.343 e. The summed E-state index contributed by atoms with van der Waals surface area (Å²) in [5, 5.41) is 9.87. The van der Waals surface area contributed by atoms with E-state index < -0.39 is 28.7 Å². The summed E-state index contributed by atoms with van der Waals surface area (Å²) in [7, 11) is -3.93. The van der Waals surface area contributed by atoms with E-state index >= 15 is 0 Å². The first-order chi connectivity index (χ1) is 16.0. The highest BCUT2D eigenvalue weighted by atomic mass is 32.2. The van der Waals surface area contributed by atoms with Crippen LogP contribution in [0.15, 0.2) is 59.8 Å². The van der Waals surface area contributed by atoms with E-state index in [1.807, 2.05) is 5.32 Å². The second kappa shape index (κ2) is 8.72. The number of imidazole rings is 1. The Bertz CT molecular complexity index is 1490. The van der Waals surface area contributed by atoms with Gasteiger partial charge in [-0.15, -0.1) is 0 Å². The molecule has 0 atom stereocenters. The molecule has 2 heterocycles. The van der Waals surface area contributed by atoms with Gasteiger partial charge in [-0.2, -0.15) is 18.2 Å². The van der Waals surface area contributed by atoms with Crippen LogP contribution in [0.4, 0.5) is 24.8 Å². The topological polar surface area (TPSA) is 156 Å². The first-order valence-electron chi connectivity index (χ1n) is 9.56. The van der Waals surface area contributed by atoms with Crippen LogP contribution < -0.4 is 15.8 Å². The Labute approximate surface area is 190 Å². The van der Waals surface area contributed by atoms with Gasteiger partial charge < -0.3 is 15.6 Å². The molecule has 0 aliphatic heterocycles. The third kappa shape index (κ3) is 5.29. The number of anilines is 2. The molecule has 5 N–H and O–H groups in total. The molecule has 34 heavy (non-hydrogen) atoms. The van der Waals surface area contributed by atoms with Gasteiger partial charge in [0.1, 0.15) is 17.8 Å². The van der Waals surface area contributed by atoms with Gasteiger partial charge in [-0.3, -0.25) is 4.79 Å². The van der Waals surface area contributed by atoms with Crippen molar-refractivity contribution in [2.75, 3.05) is 11.9 Å². The number of halogens is 3. The number of benzene rings is 2. The maximum Gasteiger partial charge on any atom is 0.405 e. The number of H-pyrrole nitrogens is 1.